The Balaban J connectivity index is 2.33. The minimum absolute atomic E-state index is 0.129. The average Bonchev–Trinajstić information content (AvgIpc) is 2.89. The Morgan fingerprint density at radius 2 is 2.08 bits per heavy atom. The van der Waals surface area contributed by atoms with E-state index >= 15 is 0 Å². The summed E-state index contributed by atoms with van der Waals surface area (Å²) in [5, 5.41) is 18.5. The van der Waals surface area contributed by atoms with Crippen molar-refractivity contribution in [3.05, 3.63) is 36.5 Å². The zero-order valence-electron chi connectivity index (χ0n) is 14.6. The first kappa shape index (κ1) is 20.4. The van der Waals surface area contributed by atoms with Crippen molar-refractivity contribution in [2.24, 2.45) is 11.8 Å². The van der Waals surface area contributed by atoms with Crippen LogP contribution in [0.1, 0.15) is 58.3 Å². The van der Waals surface area contributed by atoms with E-state index in [0.717, 1.165) is 12.8 Å². The number of aliphatic hydroxyl groups excluding tert-OH is 1. The molecule has 0 aliphatic heterocycles. The van der Waals surface area contributed by atoms with Crippen molar-refractivity contribution in [1.29, 1.82) is 0 Å². The van der Waals surface area contributed by atoms with Gasteiger partial charge in [0.25, 0.3) is 0 Å². The van der Waals surface area contributed by atoms with E-state index in [1.807, 2.05) is 24.3 Å². The highest BCUT2D eigenvalue weighted by molar-refractivity contribution is 5.95. The van der Waals surface area contributed by atoms with E-state index in [-0.39, 0.29) is 24.0 Å². The van der Waals surface area contributed by atoms with Crippen LogP contribution in [0.25, 0.3) is 0 Å². The molecule has 0 aromatic heterocycles. The van der Waals surface area contributed by atoms with Gasteiger partial charge in [-0.2, -0.15) is 0 Å². The topological polar surface area (TPSA) is 74.6 Å². The van der Waals surface area contributed by atoms with Crippen molar-refractivity contribution in [3.63, 3.8) is 0 Å². The van der Waals surface area contributed by atoms with Crippen LogP contribution in [-0.2, 0) is 9.59 Å². The number of ketones is 1. The molecule has 0 unspecified atom stereocenters. The van der Waals surface area contributed by atoms with Gasteiger partial charge in [0.2, 0.25) is 0 Å². The molecule has 0 radical (unpaired) electrons. The van der Waals surface area contributed by atoms with E-state index in [1.165, 1.54) is 12.8 Å². The number of aliphatic hydroxyl groups is 1. The molecule has 0 spiro atoms. The lowest BCUT2D eigenvalue weighted by Gasteiger charge is -2.14. The zero-order valence-corrected chi connectivity index (χ0v) is 14.6. The number of aliphatic carboxylic acids is 1. The molecule has 0 amide bonds. The molecule has 3 atom stereocenters. The molecular formula is C20H30O4. The van der Waals surface area contributed by atoms with Gasteiger partial charge in [0.1, 0.15) is 0 Å². The highest BCUT2D eigenvalue weighted by atomic mass is 16.4. The molecule has 4 nitrogen and oxygen atoms in total. The summed E-state index contributed by atoms with van der Waals surface area (Å²) in [5.41, 5.74) is 0. The minimum Gasteiger partial charge on any atom is -0.481 e. The molecule has 0 saturated heterocycles. The number of rotatable bonds is 12. The molecule has 134 valence electrons. The Morgan fingerprint density at radius 1 is 1.29 bits per heavy atom. The van der Waals surface area contributed by atoms with Gasteiger partial charge < -0.3 is 10.2 Å². The zero-order chi connectivity index (χ0) is 17.8. The fraction of sp³-hybridized carbons (Fsp3) is 0.600. The van der Waals surface area contributed by atoms with Crippen LogP contribution in [0.5, 0.6) is 0 Å². The molecule has 4 heteroatoms. The smallest absolute Gasteiger partial charge is 0.303 e. The number of carbonyl (C=O) groups excluding carboxylic acids is 1. The summed E-state index contributed by atoms with van der Waals surface area (Å²) in [7, 11) is 0. The first-order valence-electron chi connectivity index (χ1n) is 8.99. The van der Waals surface area contributed by atoms with Gasteiger partial charge >= 0.3 is 5.97 Å². The minimum atomic E-state index is -0.783. The van der Waals surface area contributed by atoms with Crippen LogP contribution in [0, 0.1) is 11.8 Å². The lowest BCUT2D eigenvalue weighted by molar-refractivity contribution is -0.137. The van der Waals surface area contributed by atoms with Crippen LogP contribution < -0.4 is 0 Å². The summed E-state index contributed by atoms with van der Waals surface area (Å²) in [6.45, 7) is 2.17. The molecule has 24 heavy (non-hydrogen) atoms. The summed E-state index contributed by atoms with van der Waals surface area (Å²) < 4.78 is 0. The van der Waals surface area contributed by atoms with E-state index in [1.54, 1.807) is 12.2 Å². The average molecular weight is 334 g/mol. The van der Waals surface area contributed by atoms with Crippen molar-refractivity contribution in [1.82, 2.24) is 0 Å². The summed E-state index contributed by atoms with van der Waals surface area (Å²) >= 11 is 0. The third-order valence-electron chi connectivity index (χ3n) is 4.28. The van der Waals surface area contributed by atoms with Crippen LogP contribution in [-0.4, -0.2) is 28.1 Å². The molecule has 0 saturated carbocycles. The number of allylic oxidation sites excluding steroid dienone is 4. The predicted molar refractivity (Wildman–Crippen MR) is 95.7 cm³/mol. The van der Waals surface area contributed by atoms with Crippen molar-refractivity contribution < 1.29 is 19.8 Å². The van der Waals surface area contributed by atoms with Gasteiger partial charge in [-0.15, -0.1) is 0 Å². The van der Waals surface area contributed by atoms with Gasteiger partial charge in [-0.05, 0) is 37.7 Å². The fourth-order valence-electron chi connectivity index (χ4n) is 2.85. The number of hydrogen-bond acceptors (Lipinski definition) is 3. The number of carboxylic acids is 1. The van der Waals surface area contributed by atoms with E-state index in [0.29, 0.717) is 19.3 Å². The van der Waals surface area contributed by atoms with Crippen LogP contribution in [0.2, 0.25) is 0 Å². The maximum absolute atomic E-state index is 11.9. The molecule has 0 bridgehead atoms. The van der Waals surface area contributed by atoms with Crippen LogP contribution in [0.3, 0.4) is 0 Å². The molecular weight excluding hydrogens is 304 g/mol. The summed E-state index contributed by atoms with van der Waals surface area (Å²) in [5.74, 6) is -0.519. The first-order chi connectivity index (χ1) is 11.5. The molecule has 0 aromatic carbocycles. The SMILES string of the molecule is CCCCC[C@H]1C=CC(=O)[C@H]1/C=C/[C@@H](O)C/C=C\CCCC(=O)O. The van der Waals surface area contributed by atoms with Crippen molar-refractivity contribution in [3.8, 4) is 0 Å². The Bertz CT molecular complexity index is 476. The Labute approximate surface area is 145 Å². The monoisotopic (exact) mass is 334 g/mol. The maximum atomic E-state index is 11.9. The van der Waals surface area contributed by atoms with E-state index in [9.17, 15) is 14.7 Å². The van der Waals surface area contributed by atoms with Gasteiger partial charge in [0.15, 0.2) is 5.78 Å². The first-order valence-corrected chi connectivity index (χ1v) is 8.99. The van der Waals surface area contributed by atoms with E-state index < -0.39 is 12.1 Å². The molecule has 0 aromatic rings. The summed E-state index contributed by atoms with van der Waals surface area (Å²) in [6, 6.07) is 0. The summed E-state index contributed by atoms with van der Waals surface area (Å²) in [4.78, 5) is 22.3. The van der Waals surface area contributed by atoms with Gasteiger partial charge in [-0.3, -0.25) is 9.59 Å². The predicted octanol–water partition coefficient (Wildman–Crippen LogP) is 4.06. The molecule has 0 fully saturated rings. The molecule has 1 aliphatic rings. The molecule has 1 aliphatic carbocycles. The maximum Gasteiger partial charge on any atom is 0.303 e. The number of carboxylic acid groups (broad SMARTS) is 1. The summed E-state index contributed by atoms with van der Waals surface area (Å²) in [6.07, 6.45) is 16.9. The lowest BCUT2D eigenvalue weighted by Crippen LogP contribution is -2.14. The number of unbranched alkanes of at least 4 members (excludes halogenated alkanes) is 3. The van der Waals surface area contributed by atoms with Gasteiger partial charge in [0.05, 0.1) is 6.10 Å². The fourth-order valence-corrected chi connectivity index (χ4v) is 2.85. The van der Waals surface area contributed by atoms with Crippen LogP contribution in [0.4, 0.5) is 0 Å². The van der Waals surface area contributed by atoms with Gasteiger partial charge in [-0.25, -0.2) is 0 Å². The quantitative estimate of drug-likeness (QED) is 0.417. The van der Waals surface area contributed by atoms with Crippen LogP contribution in [0.15, 0.2) is 36.5 Å². The van der Waals surface area contributed by atoms with E-state index in [4.69, 9.17) is 5.11 Å². The Kier molecular flexibility index (Phi) is 10.0. The normalized spacial score (nSPS) is 22.0. The second-order valence-electron chi connectivity index (χ2n) is 6.39. The lowest BCUT2D eigenvalue weighted by atomic mass is 9.89. The van der Waals surface area contributed by atoms with Gasteiger partial charge in [0, 0.05) is 12.3 Å². The van der Waals surface area contributed by atoms with Gasteiger partial charge in [-0.1, -0.05) is 56.6 Å². The van der Waals surface area contributed by atoms with Crippen molar-refractivity contribution >= 4 is 11.8 Å². The molecule has 2 N–H and O–H groups in total. The number of carbonyl (C=O) groups is 2. The van der Waals surface area contributed by atoms with Crippen molar-refractivity contribution in [2.75, 3.05) is 0 Å². The second kappa shape index (κ2) is 11.8. The standard InChI is InChI=1S/C20H30O4/c1-2-3-6-9-16-12-15-19(22)18(16)14-13-17(21)10-7-4-5-8-11-20(23)24/h4,7,12-18,21H,2-3,5-6,8-11H2,1H3,(H,23,24)/b7-4-,14-13+/t16-,17-,18-/m0/s1. The van der Waals surface area contributed by atoms with E-state index in [2.05, 4.69) is 6.92 Å². The Hall–Kier alpha value is -1.68. The van der Waals surface area contributed by atoms with Crippen molar-refractivity contribution in [2.45, 2.75) is 64.4 Å². The highest BCUT2D eigenvalue weighted by Gasteiger charge is 2.27. The molecule has 1 rings (SSSR count). The third-order valence-corrected chi connectivity index (χ3v) is 4.28. The second-order valence-corrected chi connectivity index (χ2v) is 6.39. The largest absolute Gasteiger partial charge is 0.481 e. The number of hydrogen-bond donors (Lipinski definition) is 2. The van der Waals surface area contributed by atoms with Crippen LogP contribution >= 0.6 is 0 Å². The Morgan fingerprint density at radius 3 is 2.79 bits per heavy atom. The highest BCUT2D eigenvalue weighted by Crippen LogP contribution is 2.28. The molecule has 0 heterocycles. The third kappa shape index (κ3) is 8.25.